The number of thioether (sulfide) groups is 1. The first-order chi connectivity index (χ1) is 5.25. The Morgan fingerprint density at radius 2 is 2.45 bits per heavy atom. The summed E-state index contributed by atoms with van der Waals surface area (Å²) in [5, 5.41) is 12.4. The number of halogens is 1. The van der Waals surface area contributed by atoms with E-state index in [2.05, 4.69) is 5.16 Å². The molecule has 1 aromatic rings. The van der Waals surface area contributed by atoms with Crippen LogP contribution in [0.15, 0.2) is 4.52 Å². The summed E-state index contributed by atoms with van der Waals surface area (Å²) in [7, 11) is 0. The van der Waals surface area contributed by atoms with Crippen molar-refractivity contribution in [2.45, 2.75) is 12.7 Å². The Kier molecular flexibility index (Phi) is 3.08. The van der Waals surface area contributed by atoms with Crippen molar-refractivity contribution in [1.82, 2.24) is 5.16 Å². The maximum atomic E-state index is 8.89. The van der Waals surface area contributed by atoms with Crippen molar-refractivity contribution in [2.75, 3.05) is 5.75 Å². The van der Waals surface area contributed by atoms with E-state index in [1.165, 1.54) is 0 Å². The number of nitrogens with zero attached hydrogens (tertiary/aromatic N) is 1. The van der Waals surface area contributed by atoms with Gasteiger partial charge in [0, 0.05) is 0 Å². The minimum Gasteiger partial charge on any atom is -0.490 e. The fourth-order valence-electron chi connectivity index (χ4n) is 0.588. The van der Waals surface area contributed by atoms with E-state index in [0.717, 1.165) is 5.75 Å². The molecule has 0 atom stereocenters. The molecule has 11 heavy (non-hydrogen) atoms. The predicted octanol–water partition coefficient (Wildman–Crippen LogP) is 2.29. The van der Waals surface area contributed by atoms with Gasteiger partial charge in [0.25, 0.3) is 5.88 Å². The van der Waals surface area contributed by atoms with E-state index in [-0.39, 0.29) is 10.9 Å². The molecule has 62 valence electrons. The number of hydrogen-bond acceptors (Lipinski definition) is 4. The number of aromatic nitrogens is 1. The maximum Gasteiger partial charge on any atom is 0.271 e. The largest absolute Gasteiger partial charge is 0.490 e. The van der Waals surface area contributed by atoms with Crippen molar-refractivity contribution >= 4 is 23.4 Å². The van der Waals surface area contributed by atoms with Crippen molar-refractivity contribution in [3.8, 4) is 5.88 Å². The summed E-state index contributed by atoms with van der Waals surface area (Å²) in [4.78, 5) is 0. The van der Waals surface area contributed by atoms with Gasteiger partial charge in [0.15, 0.2) is 5.76 Å². The molecule has 0 amide bonds. The summed E-state index contributed by atoms with van der Waals surface area (Å²) in [6.45, 7) is 2.04. The molecule has 0 bridgehead atoms. The standard InChI is InChI=1S/C6H8ClNO2S/c1-2-11-3-4-5(7)6(9)8-10-4/h2-3H2,1H3,(H,8,9). The number of hydrogen-bond donors (Lipinski definition) is 1. The lowest BCUT2D eigenvalue weighted by Crippen LogP contribution is -1.76. The van der Waals surface area contributed by atoms with Crippen LogP contribution in [0.1, 0.15) is 12.7 Å². The average molecular weight is 194 g/mol. The molecule has 1 rings (SSSR count). The van der Waals surface area contributed by atoms with E-state index < -0.39 is 0 Å². The molecule has 0 fully saturated rings. The van der Waals surface area contributed by atoms with Gasteiger partial charge in [-0.05, 0) is 10.9 Å². The molecule has 0 aromatic carbocycles. The van der Waals surface area contributed by atoms with Crippen molar-refractivity contribution in [1.29, 1.82) is 0 Å². The summed E-state index contributed by atoms with van der Waals surface area (Å²) >= 11 is 7.28. The minimum atomic E-state index is -0.224. The summed E-state index contributed by atoms with van der Waals surface area (Å²) in [5.74, 6) is 1.95. The molecule has 0 spiro atoms. The van der Waals surface area contributed by atoms with E-state index >= 15 is 0 Å². The molecule has 5 heteroatoms. The molecule has 1 heterocycles. The van der Waals surface area contributed by atoms with Crippen LogP contribution in [0.25, 0.3) is 0 Å². The van der Waals surface area contributed by atoms with Gasteiger partial charge in [-0.3, -0.25) is 0 Å². The highest BCUT2D eigenvalue weighted by atomic mass is 35.5. The molecular weight excluding hydrogens is 186 g/mol. The second-order valence-corrected chi connectivity index (χ2v) is 3.53. The second-order valence-electron chi connectivity index (χ2n) is 1.88. The van der Waals surface area contributed by atoms with E-state index in [1.807, 2.05) is 6.92 Å². The molecule has 0 radical (unpaired) electrons. The monoisotopic (exact) mass is 193 g/mol. The fourth-order valence-corrected chi connectivity index (χ4v) is 1.39. The fraction of sp³-hybridized carbons (Fsp3) is 0.500. The lowest BCUT2D eigenvalue weighted by atomic mass is 10.5. The Morgan fingerprint density at radius 1 is 1.73 bits per heavy atom. The van der Waals surface area contributed by atoms with Crippen LogP contribution >= 0.6 is 23.4 Å². The third kappa shape index (κ3) is 2.04. The molecule has 3 nitrogen and oxygen atoms in total. The van der Waals surface area contributed by atoms with Crippen LogP contribution in [-0.4, -0.2) is 16.0 Å². The van der Waals surface area contributed by atoms with Gasteiger partial charge < -0.3 is 9.63 Å². The van der Waals surface area contributed by atoms with Crippen molar-refractivity contribution in [2.24, 2.45) is 0 Å². The molecule has 0 aliphatic carbocycles. The van der Waals surface area contributed by atoms with Crippen LogP contribution in [0.4, 0.5) is 0 Å². The third-order valence-corrected chi connectivity index (χ3v) is 2.38. The van der Waals surface area contributed by atoms with Crippen LogP contribution in [0.5, 0.6) is 5.88 Å². The highest BCUT2D eigenvalue weighted by Crippen LogP contribution is 2.28. The summed E-state index contributed by atoms with van der Waals surface area (Å²) in [5.41, 5.74) is 0. The first-order valence-corrected chi connectivity index (χ1v) is 4.69. The third-order valence-electron chi connectivity index (χ3n) is 1.12. The summed E-state index contributed by atoms with van der Waals surface area (Å²) in [6, 6.07) is 0. The second kappa shape index (κ2) is 3.88. The van der Waals surface area contributed by atoms with E-state index in [1.54, 1.807) is 11.8 Å². The predicted molar refractivity (Wildman–Crippen MR) is 45.0 cm³/mol. The molecule has 1 aromatic heterocycles. The van der Waals surface area contributed by atoms with Gasteiger partial charge in [-0.25, -0.2) is 0 Å². The van der Waals surface area contributed by atoms with Crippen LogP contribution in [0.3, 0.4) is 0 Å². The van der Waals surface area contributed by atoms with Crippen LogP contribution in [0, 0.1) is 0 Å². The Bertz CT molecular complexity index is 238. The first kappa shape index (κ1) is 8.74. The van der Waals surface area contributed by atoms with Gasteiger partial charge in [0.1, 0.15) is 5.02 Å². The van der Waals surface area contributed by atoms with Gasteiger partial charge in [-0.1, -0.05) is 18.5 Å². The van der Waals surface area contributed by atoms with Crippen LogP contribution < -0.4 is 0 Å². The smallest absolute Gasteiger partial charge is 0.271 e. The molecular formula is C6H8ClNO2S. The molecule has 0 saturated carbocycles. The average Bonchev–Trinajstić information content (AvgIpc) is 2.31. The van der Waals surface area contributed by atoms with Gasteiger partial charge in [-0.2, -0.15) is 11.8 Å². The van der Waals surface area contributed by atoms with E-state index in [0.29, 0.717) is 11.5 Å². The molecule has 0 unspecified atom stereocenters. The van der Waals surface area contributed by atoms with Crippen molar-refractivity contribution in [3.05, 3.63) is 10.8 Å². The van der Waals surface area contributed by atoms with Gasteiger partial charge in [0.2, 0.25) is 0 Å². The highest BCUT2D eigenvalue weighted by Gasteiger charge is 2.11. The minimum absolute atomic E-state index is 0.224. The zero-order valence-corrected chi connectivity index (χ0v) is 7.58. The molecule has 0 aliphatic rings. The maximum absolute atomic E-state index is 8.89. The Balaban J connectivity index is 2.63. The molecule has 0 saturated heterocycles. The number of aromatic hydroxyl groups is 1. The van der Waals surface area contributed by atoms with Gasteiger partial charge >= 0.3 is 0 Å². The van der Waals surface area contributed by atoms with Crippen LogP contribution in [0.2, 0.25) is 5.02 Å². The zero-order chi connectivity index (χ0) is 8.27. The van der Waals surface area contributed by atoms with Crippen molar-refractivity contribution < 1.29 is 9.63 Å². The van der Waals surface area contributed by atoms with E-state index in [9.17, 15) is 0 Å². The van der Waals surface area contributed by atoms with Crippen LogP contribution in [-0.2, 0) is 5.75 Å². The van der Waals surface area contributed by atoms with Gasteiger partial charge in [-0.15, -0.1) is 0 Å². The summed E-state index contributed by atoms with van der Waals surface area (Å²) in [6.07, 6.45) is 0. The zero-order valence-electron chi connectivity index (χ0n) is 6.00. The lowest BCUT2D eigenvalue weighted by Gasteiger charge is -1.91. The Hall–Kier alpha value is -0.350. The summed E-state index contributed by atoms with van der Waals surface area (Å²) < 4.78 is 4.74. The highest BCUT2D eigenvalue weighted by molar-refractivity contribution is 7.98. The Morgan fingerprint density at radius 3 is 2.91 bits per heavy atom. The SMILES string of the molecule is CCSCc1onc(O)c1Cl. The van der Waals surface area contributed by atoms with Crippen molar-refractivity contribution in [3.63, 3.8) is 0 Å². The topological polar surface area (TPSA) is 46.3 Å². The van der Waals surface area contributed by atoms with E-state index in [4.69, 9.17) is 21.2 Å². The quantitative estimate of drug-likeness (QED) is 0.800. The normalized spacial score (nSPS) is 10.4. The molecule has 1 N–H and O–H groups in total. The lowest BCUT2D eigenvalue weighted by molar-refractivity contribution is 0.347. The molecule has 0 aliphatic heterocycles. The Labute approximate surface area is 73.7 Å². The first-order valence-electron chi connectivity index (χ1n) is 3.16. The number of rotatable bonds is 3. The van der Waals surface area contributed by atoms with Gasteiger partial charge in [0.05, 0.1) is 5.75 Å².